The summed E-state index contributed by atoms with van der Waals surface area (Å²) in [4.78, 5) is 30.5. The minimum absolute atomic E-state index is 0.223. The Bertz CT molecular complexity index is 743. The number of benzene rings is 1. The van der Waals surface area contributed by atoms with Gasteiger partial charge in [-0.15, -0.1) is 0 Å². The molecule has 0 saturated carbocycles. The molecule has 27 heavy (non-hydrogen) atoms. The Morgan fingerprint density at radius 2 is 1.93 bits per heavy atom. The van der Waals surface area contributed by atoms with Crippen molar-refractivity contribution in [2.45, 2.75) is 45.8 Å². The van der Waals surface area contributed by atoms with Crippen LogP contribution in [0.3, 0.4) is 0 Å². The lowest BCUT2D eigenvalue weighted by Gasteiger charge is -2.31. The van der Waals surface area contributed by atoms with E-state index < -0.39 is 18.1 Å². The highest BCUT2D eigenvalue weighted by atomic mass is 16.6. The van der Waals surface area contributed by atoms with Crippen molar-refractivity contribution < 1.29 is 19.1 Å². The van der Waals surface area contributed by atoms with E-state index >= 15 is 0 Å². The summed E-state index contributed by atoms with van der Waals surface area (Å²) in [6.45, 7) is 6.32. The lowest BCUT2D eigenvalue weighted by Crippen LogP contribution is -2.50. The van der Waals surface area contributed by atoms with Gasteiger partial charge >= 0.3 is 12.1 Å². The van der Waals surface area contributed by atoms with Gasteiger partial charge in [0.1, 0.15) is 6.04 Å². The maximum absolute atomic E-state index is 12.4. The molecule has 1 atom stereocenters. The molecule has 0 aliphatic rings. The van der Waals surface area contributed by atoms with E-state index in [1.165, 1.54) is 12.0 Å². The SMILES string of the molecule is CCOC(=O)N(C(C)C)[C@H](Cc1cn(Cc2ccccc2)cn1)C(=O)OC. The second kappa shape index (κ2) is 9.75. The number of amides is 1. The van der Waals surface area contributed by atoms with E-state index in [2.05, 4.69) is 4.98 Å². The highest BCUT2D eigenvalue weighted by molar-refractivity contribution is 5.81. The Balaban J connectivity index is 2.18. The fourth-order valence-electron chi connectivity index (χ4n) is 2.92. The van der Waals surface area contributed by atoms with Gasteiger partial charge in [0, 0.05) is 25.2 Å². The molecule has 0 bridgehead atoms. The molecule has 0 fully saturated rings. The molecule has 0 aliphatic heterocycles. The number of esters is 1. The van der Waals surface area contributed by atoms with Crippen molar-refractivity contribution in [3.63, 3.8) is 0 Å². The van der Waals surface area contributed by atoms with Crippen molar-refractivity contribution >= 4 is 12.1 Å². The molecule has 0 saturated heterocycles. The van der Waals surface area contributed by atoms with Crippen LogP contribution in [0.4, 0.5) is 4.79 Å². The largest absolute Gasteiger partial charge is 0.467 e. The van der Waals surface area contributed by atoms with Gasteiger partial charge in [0.2, 0.25) is 0 Å². The van der Waals surface area contributed by atoms with Gasteiger partial charge in [-0.25, -0.2) is 14.6 Å². The van der Waals surface area contributed by atoms with Crippen LogP contribution in [0.2, 0.25) is 0 Å². The zero-order chi connectivity index (χ0) is 19.8. The number of nitrogens with zero attached hydrogens (tertiary/aromatic N) is 3. The van der Waals surface area contributed by atoms with E-state index in [4.69, 9.17) is 9.47 Å². The molecule has 0 spiro atoms. The van der Waals surface area contributed by atoms with Gasteiger partial charge in [0.15, 0.2) is 0 Å². The fraction of sp³-hybridized carbons (Fsp3) is 0.450. The van der Waals surface area contributed by atoms with Crippen molar-refractivity contribution in [1.29, 1.82) is 0 Å². The number of imidazole rings is 1. The predicted octanol–water partition coefficient (Wildman–Crippen LogP) is 2.88. The van der Waals surface area contributed by atoms with E-state index in [0.717, 1.165) is 5.56 Å². The van der Waals surface area contributed by atoms with Gasteiger partial charge in [-0.05, 0) is 26.3 Å². The first-order valence-electron chi connectivity index (χ1n) is 9.03. The van der Waals surface area contributed by atoms with E-state index in [1.54, 1.807) is 13.3 Å². The summed E-state index contributed by atoms with van der Waals surface area (Å²) in [5.74, 6) is -0.491. The zero-order valence-electron chi connectivity index (χ0n) is 16.3. The highest BCUT2D eigenvalue weighted by Gasteiger charge is 2.34. The third-order valence-corrected chi connectivity index (χ3v) is 4.14. The summed E-state index contributed by atoms with van der Waals surface area (Å²) < 4.78 is 12.0. The average molecular weight is 373 g/mol. The number of hydrogen-bond donors (Lipinski definition) is 0. The maximum atomic E-state index is 12.4. The lowest BCUT2D eigenvalue weighted by atomic mass is 10.1. The third kappa shape index (κ3) is 5.57. The average Bonchev–Trinajstić information content (AvgIpc) is 3.08. The third-order valence-electron chi connectivity index (χ3n) is 4.14. The molecule has 0 N–H and O–H groups in total. The van der Waals surface area contributed by atoms with Crippen molar-refractivity contribution in [2.75, 3.05) is 13.7 Å². The number of ether oxygens (including phenoxy) is 2. The van der Waals surface area contributed by atoms with Crippen LogP contribution in [-0.4, -0.2) is 52.3 Å². The minimum Gasteiger partial charge on any atom is -0.467 e. The maximum Gasteiger partial charge on any atom is 0.410 e. The van der Waals surface area contributed by atoms with Crippen molar-refractivity contribution in [3.8, 4) is 0 Å². The molecular formula is C20H27N3O4. The quantitative estimate of drug-likeness (QED) is 0.665. The van der Waals surface area contributed by atoms with E-state index in [-0.39, 0.29) is 19.1 Å². The number of methoxy groups -OCH3 is 1. The lowest BCUT2D eigenvalue weighted by molar-refractivity contribution is -0.147. The monoisotopic (exact) mass is 373 g/mol. The van der Waals surface area contributed by atoms with Gasteiger partial charge in [0.25, 0.3) is 0 Å². The van der Waals surface area contributed by atoms with Gasteiger partial charge in [-0.1, -0.05) is 30.3 Å². The van der Waals surface area contributed by atoms with Crippen LogP contribution >= 0.6 is 0 Å². The first-order chi connectivity index (χ1) is 13.0. The smallest absolute Gasteiger partial charge is 0.410 e. The molecule has 146 valence electrons. The summed E-state index contributed by atoms with van der Waals surface area (Å²) in [5.41, 5.74) is 1.86. The highest BCUT2D eigenvalue weighted by Crippen LogP contribution is 2.15. The summed E-state index contributed by atoms with van der Waals surface area (Å²) in [5, 5.41) is 0. The van der Waals surface area contributed by atoms with Crippen molar-refractivity contribution in [3.05, 3.63) is 54.1 Å². The van der Waals surface area contributed by atoms with Crippen LogP contribution in [0.15, 0.2) is 42.9 Å². The molecule has 1 heterocycles. The molecule has 2 aromatic rings. The van der Waals surface area contributed by atoms with Gasteiger partial charge in [0.05, 0.1) is 25.7 Å². The first kappa shape index (κ1) is 20.5. The molecule has 0 unspecified atom stereocenters. The number of aromatic nitrogens is 2. The topological polar surface area (TPSA) is 73.7 Å². The van der Waals surface area contributed by atoms with Crippen LogP contribution < -0.4 is 0 Å². The van der Waals surface area contributed by atoms with Crippen molar-refractivity contribution in [2.24, 2.45) is 0 Å². The predicted molar refractivity (Wildman–Crippen MR) is 101 cm³/mol. The summed E-state index contributed by atoms with van der Waals surface area (Å²) in [6.07, 6.45) is 3.32. The van der Waals surface area contributed by atoms with E-state index in [1.807, 2.05) is 54.9 Å². The van der Waals surface area contributed by atoms with Crippen molar-refractivity contribution in [1.82, 2.24) is 14.5 Å². The second-order valence-electron chi connectivity index (χ2n) is 6.47. The number of carbonyl (C=O) groups is 2. The molecular weight excluding hydrogens is 346 g/mol. The van der Waals surface area contributed by atoms with Crippen LogP contribution in [-0.2, 0) is 27.2 Å². The molecule has 7 nitrogen and oxygen atoms in total. The zero-order valence-corrected chi connectivity index (χ0v) is 16.3. The van der Waals surface area contributed by atoms with Crippen LogP contribution in [0.5, 0.6) is 0 Å². The van der Waals surface area contributed by atoms with Gasteiger partial charge in [-0.3, -0.25) is 4.90 Å². The van der Waals surface area contributed by atoms with Crippen LogP contribution in [0.25, 0.3) is 0 Å². The molecule has 7 heteroatoms. The molecule has 2 rings (SSSR count). The molecule has 0 aliphatic carbocycles. The first-order valence-corrected chi connectivity index (χ1v) is 9.03. The summed E-state index contributed by atoms with van der Waals surface area (Å²) >= 11 is 0. The number of carbonyl (C=O) groups excluding carboxylic acids is 2. The molecule has 1 amide bonds. The van der Waals surface area contributed by atoms with Crippen LogP contribution in [0.1, 0.15) is 32.0 Å². The fourth-order valence-corrected chi connectivity index (χ4v) is 2.92. The van der Waals surface area contributed by atoms with Gasteiger partial charge < -0.3 is 14.0 Å². The number of hydrogen-bond acceptors (Lipinski definition) is 5. The molecule has 0 radical (unpaired) electrons. The molecule has 1 aromatic carbocycles. The van der Waals surface area contributed by atoms with Gasteiger partial charge in [-0.2, -0.15) is 0 Å². The Labute approximate surface area is 159 Å². The summed E-state index contributed by atoms with van der Waals surface area (Å²) in [7, 11) is 1.31. The number of rotatable bonds is 8. The second-order valence-corrected chi connectivity index (χ2v) is 6.47. The minimum atomic E-state index is -0.797. The Kier molecular flexibility index (Phi) is 7.40. The standard InChI is InChI=1S/C20H27N3O4/c1-5-27-20(25)23(15(2)3)18(19(24)26-4)11-17-13-22(14-21-17)12-16-9-7-6-8-10-16/h6-10,13-15,18H,5,11-12H2,1-4H3/t18-/m1/s1. The molecule has 1 aromatic heterocycles. The normalized spacial score (nSPS) is 11.9. The Hall–Kier alpha value is -2.83. The summed E-state index contributed by atoms with van der Waals surface area (Å²) in [6, 6.07) is 9.00. The Morgan fingerprint density at radius 1 is 1.22 bits per heavy atom. The Morgan fingerprint density at radius 3 is 2.52 bits per heavy atom. The van der Waals surface area contributed by atoms with Crippen LogP contribution in [0, 0.1) is 0 Å². The van der Waals surface area contributed by atoms with E-state index in [0.29, 0.717) is 12.2 Å². The van der Waals surface area contributed by atoms with E-state index in [9.17, 15) is 9.59 Å².